The lowest BCUT2D eigenvalue weighted by atomic mass is 10.1. The van der Waals surface area contributed by atoms with Crippen LogP contribution in [0.4, 0.5) is 0 Å². The Kier molecular flexibility index (Phi) is 6.29. The van der Waals surface area contributed by atoms with Crippen LogP contribution in [0.15, 0.2) is 11.6 Å². The molecule has 0 amide bonds. The average Bonchev–Trinajstić information content (AvgIpc) is 2.00. The summed E-state index contributed by atoms with van der Waals surface area (Å²) in [5, 5.41) is 8.45. The van der Waals surface area contributed by atoms with E-state index in [0.717, 1.165) is 12.3 Å². The second-order valence-electron chi connectivity index (χ2n) is 3.92. The van der Waals surface area contributed by atoms with Crippen molar-refractivity contribution >= 4 is 5.97 Å². The zero-order valence-electron chi connectivity index (χ0n) is 8.84. The third-order valence-corrected chi connectivity index (χ3v) is 1.97. The summed E-state index contributed by atoms with van der Waals surface area (Å²) in [5.74, 6) is 0.0140. The number of allylic oxidation sites excluding steroid dienone is 2. The first-order valence-electron chi connectivity index (χ1n) is 4.89. The van der Waals surface area contributed by atoms with Gasteiger partial charge in [-0.05, 0) is 32.1 Å². The van der Waals surface area contributed by atoms with Crippen molar-refractivity contribution < 1.29 is 9.90 Å². The molecule has 0 atom stereocenters. The van der Waals surface area contributed by atoms with Crippen LogP contribution in [0.2, 0.25) is 0 Å². The third kappa shape index (κ3) is 9.12. The quantitative estimate of drug-likeness (QED) is 0.643. The number of aliphatic carboxylic acids is 1. The standard InChI is InChI=1S/C11H20O2/c1-9(2)5-4-6-10(3)7-8-11(12)13/h6,9H,4-5,7-8H2,1-3H3,(H,12,13). The van der Waals surface area contributed by atoms with Crippen LogP contribution in [0, 0.1) is 5.92 Å². The van der Waals surface area contributed by atoms with Crippen LogP contribution in [-0.2, 0) is 4.79 Å². The molecule has 1 N–H and O–H groups in total. The van der Waals surface area contributed by atoms with E-state index in [-0.39, 0.29) is 6.42 Å². The number of hydrogen-bond donors (Lipinski definition) is 1. The van der Waals surface area contributed by atoms with Gasteiger partial charge in [-0.2, -0.15) is 0 Å². The average molecular weight is 184 g/mol. The van der Waals surface area contributed by atoms with Crippen molar-refractivity contribution in [2.75, 3.05) is 0 Å². The van der Waals surface area contributed by atoms with Gasteiger partial charge >= 0.3 is 5.97 Å². The molecule has 0 aromatic heterocycles. The molecule has 0 saturated carbocycles. The molecule has 0 aliphatic heterocycles. The molecule has 0 radical (unpaired) electrons. The molecule has 0 aliphatic rings. The van der Waals surface area contributed by atoms with Crippen LogP contribution >= 0.6 is 0 Å². The molecule has 0 spiro atoms. The van der Waals surface area contributed by atoms with Crippen LogP contribution in [0.1, 0.15) is 46.5 Å². The summed E-state index contributed by atoms with van der Waals surface area (Å²) in [6, 6.07) is 0. The lowest BCUT2D eigenvalue weighted by Crippen LogP contribution is -1.94. The van der Waals surface area contributed by atoms with Gasteiger partial charge in [-0.25, -0.2) is 0 Å². The second-order valence-corrected chi connectivity index (χ2v) is 3.92. The highest BCUT2D eigenvalue weighted by Crippen LogP contribution is 2.09. The third-order valence-electron chi connectivity index (χ3n) is 1.97. The molecule has 0 aliphatic carbocycles. The molecule has 13 heavy (non-hydrogen) atoms. The van der Waals surface area contributed by atoms with Gasteiger partial charge in [-0.3, -0.25) is 4.79 Å². The van der Waals surface area contributed by atoms with Crippen molar-refractivity contribution in [3.8, 4) is 0 Å². The Bertz CT molecular complexity index is 181. The summed E-state index contributed by atoms with van der Waals surface area (Å²) in [7, 11) is 0. The molecule has 2 nitrogen and oxygen atoms in total. The number of carbonyl (C=O) groups is 1. The molecular formula is C11H20O2. The van der Waals surface area contributed by atoms with Gasteiger partial charge < -0.3 is 5.11 Å². The predicted octanol–water partition coefficient (Wildman–Crippen LogP) is 3.23. The van der Waals surface area contributed by atoms with E-state index in [1.807, 2.05) is 6.92 Å². The smallest absolute Gasteiger partial charge is 0.303 e. The summed E-state index contributed by atoms with van der Waals surface area (Å²) in [4.78, 5) is 10.3. The van der Waals surface area contributed by atoms with Crippen molar-refractivity contribution in [1.29, 1.82) is 0 Å². The van der Waals surface area contributed by atoms with E-state index in [1.165, 1.54) is 12.0 Å². The fraction of sp³-hybridized carbons (Fsp3) is 0.727. The number of carboxylic acid groups (broad SMARTS) is 1. The minimum Gasteiger partial charge on any atom is -0.481 e. The lowest BCUT2D eigenvalue weighted by Gasteiger charge is -2.01. The van der Waals surface area contributed by atoms with Gasteiger partial charge in [0, 0.05) is 6.42 Å². The van der Waals surface area contributed by atoms with E-state index in [9.17, 15) is 4.79 Å². The summed E-state index contributed by atoms with van der Waals surface area (Å²) >= 11 is 0. The Morgan fingerprint density at radius 3 is 2.46 bits per heavy atom. The fourth-order valence-electron chi connectivity index (χ4n) is 1.07. The van der Waals surface area contributed by atoms with Crippen molar-refractivity contribution in [2.45, 2.75) is 46.5 Å². The van der Waals surface area contributed by atoms with Crippen LogP contribution in [0.3, 0.4) is 0 Å². The van der Waals surface area contributed by atoms with E-state index in [2.05, 4.69) is 19.9 Å². The van der Waals surface area contributed by atoms with Gasteiger partial charge in [0.1, 0.15) is 0 Å². The number of hydrogen-bond acceptors (Lipinski definition) is 1. The minimum absolute atomic E-state index is 0.254. The van der Waals surface area contributed by atoms with E-state index in [0.29, 0.717) is 6.42 Å². The first-order valence-corrected chi connectivity index (χ1v) is 4.89. The Labute approximate surface area is 80.7 Å². The molecule has 0 heterocycles. The Morgan fingerprint density at radius 1 is 1.38 bits per heavy atom. The normalized spacial score (nSPS) is 12.2. The molecule has 0 bridgehead atoms. The lowest BCUT2D eigenvalue weighted by molar-refractivity contribution is -0.136. The fourth-order valence-corrected chi connectivity index (χ4v) is 1.07. The maximum absolute atomic E-state index is 10.3. The SMILES string of the molecule is CC(=CCCC(C)C)CCC(=O)O. The minimum atomic E-state index is -0.711. The van der Waals surface area contributed by atoms with Gasteiger partial charge in [-0.15, -0.1) is 0 Å². The van der Waals surface area contributed by atoms with Crippen LogP contribution in [0.25, 0.3) is 0 Å². The molecule has 76 valence electrons. The van der Waals surface area contributed by atoms with Crippen molar-refractivity contribution in [3.63, 3.8) is 0 Å². The van der Waals surface area contributed by atoms with Gasteiger partial charge in [0.2, 0.25) is 0 Å². The number of rotatable bonds is 6. The molecule has 2 heteroatoms. The van der Waals surface area contributed by atoms with Crippen molar-refractivity contribution in [1.82, 2.24) is 0 Å². The number of carboxylic acids is 1. The van der Waals surface area contributed by atoms with E-state index >= 15 is 0 Å². The topological polar surface area (TPSA) is 37.3 Å². The molecule has 0 fully saturated rings. The van der Waals surface area contributed by atoms with Gasteiger partial charge in [-0.1, -0.05) is 25.5 Å². The molecule has 0 rings (SSSR count). The van der Waals surface area contributed by atoms with Gasteiger partial charge in [0.25, 0.3) is 0 Å². The highest BCUT2D eigenvalue weighted by Gasteiger charge is 1.97. The van der Waals surface area contributed by atoms with Gasteiger partial charge in [0.15, 0.2) is 0 Å². The summed E-state index contributed by atoms with van der Waals surface area (Å²) in [5.41, 5.74) is 1.20. The zero-order valence-corrected chi connectivity index (χ0v) is 8.84. The highest BCUT2D eigenvalue weighted by molar-refractivity contribution is 5.66. The van der Waals surface area contributed by atoms with E-state index < -0.39 is 5.97 Å². The van der Waals surface area contributed by atoms with Crippen molar-refractivity contribution in [3.05, 3.63) is 11.6 Å². The van der Waals surface area contributed by atoms with Crippen LogP contribution in [-0.4, -0.2) is 11.1 Å². The van der Waals surface area contributed by atoms with Crippen LogP contribution < -0.4 is 0 Å². The highest BCUT2D eigenvalue weighted by atomic mass is 16.4. The summed E-state index contributed by atoms with van der Waals surface area (Å²) < 4.78 is 0. The monoisotopic (exact) mass is 184 g/mol. The Morgan fingerprint density at radius 2 is 2.00 bits per heavy atom. The largest absolute Gasteiger partial charge is 0.481 e. The van der Waals surface area contributed by atoms with Crippen LogP contribution in [0.5, 0.6) is 0 Å². The maximum atomic E-state index is 10.3. The predicted molar refractivity (Wildman–Crippen MR) is 54.7 cm³/mol. The second kappa shape index (κ2) is 6.70. The van der Waals surface area contributed by atoms with Crippen molar-refractivity contribution in [2.24, 2.45) is 5.92 Å². The molecule has 0 aromatic carbocycles. The first-order chi connectivity index (χ1) is 6.02. The Balaban J connectivity index is 3.57. The zero-order chi connectivity index (χ0) is 10.3. The summed E-state index contributed by atoms with van der Waals surface area (Å²) in [6.07, 6.45) is 5.36. The van der Waals surface area contributed by atoms with E-state index in [1.54, 1.807) is 0 Å². The molecular weight excluding hydrogens is 164 g/mol. The Hall–Kier alpha value is -0.790. The van der Waals surface area contributed by atoms with E-state index in [4.69, 9.17) is 5.11 Å². The molecule has 0 saturated heterocycles. The summed E-state index contributed by atoms with van der Waals surface area (Å²) in [6.45, 7) is 6.39. The first kappa shape index (κ1) is 12.2. The molecule has 0 aromatic rings. The molecule has 0 unspecified atom stereocenters. The maximum Gasteiger partial charge on any atom is 0.303 e. The van der Waals surface area contributed by atoms with Gasteiger partial charge in [0.05, 0.1) is 0 Å².